The molecule has 0 aromatic heterocycles. The fourth-order valence-corrected chi connectivity index (χ4v) is 7.07. The van der Waals surface area contributed by atoms with Crippen molar-refractivity contribution in [3.63, 3.8) is 0 Å². The third kappa shape index (κ3) is 4.04. The molecule has 2 aliphatic carbocycles. The lowest BCUT2D eigenvalue weighted by molar-refractivity contribution is 0.272. The lowest BCUT2D eigenvalue weighted by Gasteiger charge is -2.41. The zero-order valence-corrected chi connectivity index (χ0v) is 22.5. The third-order valence-corrected chi connectivity index (χ3v) is 8.72. The Morgan fingerprint density at radius 1 is 0.615 bits per heavy atom. The number of aryl methyl sites for hydroxylation is 1. The highest BCUT2D eigenvalue weighted by atomic mass is 16.5. The van der Waals surface area contributed by atoms with Crippen molar-refractivity contribution in [3.05, 3.63) is 128 Å². The minimum Gasteiger partial charge on any atom is -0.497 e. The zero-order valence-electron chi connectivity index (χ0n) is 22.5. The van der Waals surface area contributed by atoms with Gasteiger partial charge in [0.1, 0.15) is 11.5 Å². The monoisotopic (exact) mass is 522 g/mol. The number of fused-ring (bicyclic) bond motifs is 7. The third-order valence-electron chi connectivity index (χ3n) is 8.72. The molecule has 2 aliphatic rings. The summed E-state index contributed by atoms with van der Waals surface area (Å²) in [4.78, 5) is 0. The van der Waals surface area contributed by atoms with Crippen LogP contribution >= 0.6 is 0 Å². The lowest BCUT2D eigenvalue weighted by Crippen LogP contribution is -2.27. The Hall–Kier alpha value is -3.64. The SMILES string of the molecule is COc1cc(OC)c2c(c1)[C@H]1[C@@H](c3ccc(CO)cc3)c3c(CO)cc(CO)cc3C2[C@H]1c1ccc(C)cc1. The second-order valence-electron chi connectivity index (χ2n) is 10.7. The van der Waals surface area contributed by atoms with Crippen molar-refractivity contribution < 1.29 is 24.8 Å². The predicted octanol–water partition coefficient (Wildman–Crippen LogP) is 5.65. The molecule has 0 radical (unpaired) electrons. The molecule has 6 rings (SSSR count). The second kappa shape index (κ2) is 10.2. The molecule has 5 heteroatoms. The van der Waals surface area contributed by atoms with Crippen LogP contribution in [-0.4, -0.2) is 29.5 Å². The Morgan fingerprint density at radius 3 is 1.92 bits per heavy atom. The maximum absolute atomic E-state index is 10.6. The number of hydrogen-bond acceptors (Lipinski definition) is 5. The van der Waals surface area contributed by atoms with E-state index < -0.39 is 0 Å². The Labute approximate surface area is 229 Å². The molecule has 0 heterocycles. The molecule has 4 atom stereocenters. The molecule has 200 valence electrons. The Morgan fingerprint density at radius 2 is 1.31 bits per heavy atom. The fraction of sp³-hybridized carbons (Fsp3) is 0.294. The standard InChI is InChI=1S/C34H34O5/c1-19-4-8-22(9-5-19)31-33-27-14-25(38-2)15-28(39-3)32(27)34(31)26-13-21(17-36)12-24(18-37)29(26)30(33)23-10-6-20(16-35)7-11-23/h4-15,30-31,33-37H,16-18H2,1-3H3/t30-,31-,33-,34?/m0/s1. The summed E-state index contributed by atoms with van der Waals surface area (Å²) >= 11 is 0. The van der Waals surface area contributed by atoms with Crippen LogP contribution in [0.25, 0.3) is 0 Å². The molecule has 4 aromatic rings. The van der Waals surface area contributed by atoms with Gasteiger partial charge in [-0.3, -0.25) is 0 Å². The smallest absolute Gasteiger partial charge is 0.126 e. The summed E-state index contributed by atoms with van der Waals surface area (Å²) in [6.07, 6.45) is 0. The number of ether oxygens (including phenoxy) is 2. The number of methoxy groups -OCH3 is 2. The van der Waals surface area contributed by atoms with Crippen LogP contribution in [0.5, 0.6) is 11.5 Å². The second-order valence-corrected chi connectivity index (χ2v) is 10.7. The number of rotatable bonds is 7. The molecule has 0 aliphatic heterocycles. The summed E-state index contributed by atoms with van der Waals surface area (Å²) < 4.78 is 11.7. The highest BCUT2D eigenvalue weighted by Crippen LogP contribution is 2.68. The van der Waals surface area contributed by atoms with Crippen molar-refractivity contribution in [2.75, 3.05) is 14.2 Å². The minimum absolute atomic E-state index is 0.0159. The summed E-state index contributed by atoms with van der Waals surface area (Å²) in [5.74, 6) is 1.61. The highest BCUT2D eigenvalue weighted by Gasteiger charge is 2.53. The average molecular weight is 523 g/mol. The van der Waals surface area contributed by atoms with Gasteiger partial charge in [-0.15, -0.1) is 0 Å². The van der Waals surface area contributed by atoms with E-state index in [1.165, 1.54) is 16.7 Å². The lowest BCUT2D eigenvalue weighted by atomic mass is 9.62. The molecule has 2 bridgehead atoms. The first-order valence-electron chi connectivity index (χ1n) is 13.4. The number of aliphatic hydroxyl groups is 3. The van der Waals surface area contributed by atoms with Gasteiger partial charge < -0.3 is 24.8 Å². The first kappa shape index (κ1) is 25.6. The van der Waals surface area contributed by atoms with E-state index >= 15 is 0 Å². The van der Waals surface area contributed by atoms with Crippen molar-refractivity contribution in [2.24, 2.45) is 0 Å². The van der Waals surface area contributed by atoms with Crippen molar-refractivity contribution in [2.45, 2.75) is 50.4 Å². The molecular formula is C34H34O5. The molecule has 0 amide bonds. The fourth-order valence-electron chi connectivity index (χ4n) is 7.07. The summed E-state index contributed by atoms with van der Waals surface area (Å²) in [6.45, 7) is 1.86. The number of hydrogen-bond donors (Lipinski definition) is 3. The van der Waals surface area contributed by atoms with Gasteiger partial charge in [-0.1, -0.05) is 66.2 Å². The van der Waals surface area contributed by atoms with E-state index in [0.29, 0.717) is 0 Å². The molecule has 5 nitrogen and oxygen atoms in total. The van der Waals surface area contributed by atoms with Crippen LogP contribution in [-0.2, 0) is 19.8 Å². The van der Waals surface area contributed by atoms with Gasteiger partial charge in [0.15, 0.2) is 0 Å². The normalized spacial score (nSPS) is 20.9. The molecule has 1 unspecified atom stereocenters. The van der Waals surface area contributed by atoms with E-state index in [9.17, 15) is 15.3 Å². The topological polar surface area (TPSA) is 79.2 Å². The van der Waals surface area contributed by atoms with Crippen LogP contribution in [0.15, 0.2) is 72.8 Å². The van der Waals surface area contributed by atoms with E-state index in [-0.39, 0.29) is 43.5 Å². The molecular weight excluding hydrogens is 488 g/mol. The van der Waals surface area contributed by atoms with Crippen LogP contribution < -0.4 is 9.47 Å². The summed E-state index contributed by atoms with van der Waals surface area (Å²) in [5, 5.41) is 30.5. The van der Waals surface area contributed by atoms with Gasteiger partial charge >= 0.3 is 0 Å². The van der Waals surface area contributed by atoms with Crippen molar-refractivity contribution in [1.29, 1.82) is 0 Å². The molecule has 4 aromatic carbocycles. The van der Waals surface area contributed by atoms with E-state index in [2.05, 4.69) is 55.5 Å². The Balaban J connectivity index is 1.72. The first-order chi connectivity index (χ1) is 19.0. The summed E-state index contributed by atoms with van der Waals surface area (Å²) in [7, 11) is 3.38. The van der Waals surface area contributed by atoms with Gasteiger partial charge in [-0.2, -0.15) is 0 Å². The van der Waals surface area contributed by atoms with E-state index in [1.807, 2.05) is 24.3 Å². The molecule has 0 saturated heterocycles. The van der Waals surface area contributed by atoms with Crippen LogP contribution in [0.4, 0.5) is 0 Å². The van der Waals surface area contributed by atoms with E-state index in [1.54, 1.807) is 14.2 Å². The van der Waals surface area contributed by atoms with E-state index in [0.717, 1.165) is 50.4 Å². The quantitative estimate of drug-likeness (QED) is 0.292. The molecule has 0 spiro atoms. The Bertz CT molecular complexity index is 1510. The average Bonchev–Trinajstić information content (AvgIpc) is 3.25. The minimum atomic E-state index is -0.118. The molecule has 39 heavy (non-hydrogen) atoms. The maximum Gasteiger partial charge on any atom is 0.126 e. The largest absolute Gasteiger partial charge is 0.497 e. The Kier molecular flexibility index (Phi) is 6.67. The first-order valence-corrected chi connectivity index (χ1v) is 13.4. The van der Waals surface area contributed by atoms with Gasteiger partial charge in [0.05, 0.1) is 34.0 Å². The maximum atomic E-state index is 10.6. The molecule has 3 N–H and O–H groups in total. The van der Waals surface area contributed by atoms with Crippen LogP contribution in [0.2, 0.25) is 0 Å². The van der Waals surface area contributed by atoms with Crippen LogP contribution in [0, 0.1) is 6.92 Å². The predicted molar refractivity (Wildman–Crippen MR) is 151 cm³/mol. The van der Waals surface area contributed by atoms with Gasteiger partial charge in [0, 0.05) is 35.3 Å². The van der Waals surface area contributed by atoms with Gasteiger partial charge in [0.25, 0.3) is 0 Å². The highest BCUT2D eigenvalue weighted by molar-refractivity contribution is 5.67. The molecule has 0 saturated carbocycles. The molecule has 0 fully saturated rings. The van der Waals surface area contributed by atoms with E-state index in [4.69, 9.17) is 9.47 Å². The number of benzene rings is 4. The van der Waals surface area contributed by atoms with Crippen LogP contribution in [0.1, 0.15) is 79.3 Å². The zero-order chi connectivity index (χ0) is 27.3. The number of aliphatic hydroxyl groups excluding tert-OH is 3. The van der Waals surface area contributed by atoms with Gasteiger partial charge in [-0.05, 0) is 57.5 Å². The summed E-state index contributed by atoms with van der Waals surface area (Å²) in [5.41, 5.74) is 10.6. The van der Waals surface area contributed by atoms with Crippen molar-refractivity contribution >= 4 is 0 Å². The summed E-state index contributed by atoms with van der Waals surface area (Å²) in [6, 6.07) is 25.1. The van der Waals surface area contributed by atoms with Gasteiger partial charge in [0.2, 0.25) is 0 Å². The van der Waals surface area contributed by atoms with Crippen molar-refractivity contribution in [3.8, 4) is 11.5 Å². The van der Waals surface area contributed by atoms with Crippen LogP contribution in [0.3, 0.4) is 0 Å². The van der Waals surface area contributed by atoms with Gasteiger partial charge in [-0.25, -0.2) is 0 Å². The van der Waals surface area contributed by atoms with Crippen molar-refractivity contribution in [1.82, 2.24) is 0 Å².